The number of nitrogens with one attached hydrogen (secondary N) is 2. The highest BCUT2D eigenvalue weighted by Crippen LogP contribution is 2.21. The van der Waals surface area contributed by atoms with Gasteiger partial charge in [-0.3, -0.25) is 4.79 Å². The molecule has 96 valence electrons. The van der Waals surface area contributed by atoms with E-state index in [9.17, 15) is 9.90 Å². The van der Waals surface area contributed by atoms with Crippen LogP contribution in [0, 0.1) is 0 Å². The van der Waals surface area contributed by atoms with E-state index in [4.69, 9.17) is 27.9 Å². The molecule has 1 unspecified atom stereocenters. The van der Waals surface area contributed by atoms with E-state index in [1.54, 1.807) is 0 Å². The molecule has 0 saturated heterocycles. The fourth-order valence-corrected chi connectivity index (χ4v) is 1.56. The zero-order valence-corrected chi connectivity index (χ0v) is 10.8. The largest absolute Gasteiger partial charge is 0.391 e. The van der Waals surface area contributed by atoms with Crippen LogP contribution in [0.15, 0.2) is 6.07 Å². The van der Waals surface area contributed by atoms with Gasteiger partial charge in [0.15, 0.2) is 0 Å². The van der Waals surface area contributed by atoms with Crippen LogP contribution in [0.5, 0.6) is 0 Å². The van der Waals surface area contributed by atoms with Crippen LogP contribution in [0.25, 0.3) is 0 Å². The van der Waals surface area contributed by atoms with Crippen molar-refractivity contribution in [3.63, 3.8) is 0 Å². The van der Waals surface area contributed by atoms with Crippen molar-refractivity contribution in [2.45, 2.75) is 12.5 Å². The molecule has 0 spiro atoms. The molecule has 0 aromatic carbocycles. The standard InChI is InChI=1S/C10H14Cl2N2O3/c1-17-5-6(15)2-3-13-10(16)8-4-7(11)9(12)14-8/h4,6,14-15H,2-3,5H2,1H3,(H,13,16). The van der Waals surface area contributed by atoms with Crippen LogP contribution in [0.3, 0.4) is 0 Å². The van der Waals surface area contributed by atoms with E-state index in [1.807, 2.05) is 0 Å². The Hall–Kier alpha value is -0.750. The van der Waals surface area contributed by atoms with Gasteiger partial charge in [0, 0.05) is 13.7 Å². The number of carbonyl (C=O) groups is 1. The van der Waals surface area contributed by atoms with Gasteiger partial charge < -0.3 is 20.1 Å². The SMILES string of the molecule is COCC(O)CCNC(=O)c1cc(Cl)c(Cl)[nH]1. The van der Waals surface area contributed by atoms with Crippen LogP contribution in [0.1, 0.15) is 16.9 Å². The second-order valence-corrected chi connectivity index (χ2v) is 4.28. The minimum Gasteiger partial charge on any atom is -0.391 e. The van der Waals surface area contributed by atoms with Crippen molar-refractivity contribution in [2.75, 3.05) is 20.3 Å². The number of hydrogen-bond acceptors (Lipinski definition) is 3. The van der Waals surface area contributed by atoms with E-state index in [0.29, 0.717) is 23.7 Å². The minimum absolute atomic E-state index is 0.233. The molecular weight excluding hydrogens is 267 g/mol. The predicted molar refractivity (Wildman–Crippen MR) is 65.6 cm³/mol. The maximum absolute atomic E-state index is 11.6. The molecule has 1 atom stereocenters. The first-order valence-corrected chi connectivity index (χ1v) is 5.79. The van der Waals surface area contributed by atoms with Crippen LogP contribution < -0.4 is 5.32 Å². The van der Waals surface area contributed by atoms with Crippen molar-refractivity contribution in [1.82, 2.24) is 10.3 Å². The third-order valence-electron chi connectivity index (χ3n) is 2.09. The zero-order chi connectivity index (χ0) is 12.8. The number of aromatic nitrogens is 1. The number of rotatable bonds is 6. The maximum Gasteiger partial charge on any atom is 0.267 e. The molecule has 1 heterocycles. The Balaban J connectivity index is 2.35. The highest BCUT2D eigenvalue weighted by atomic mass is 35.5. The fraction of sp³-hybridized carbons (Fsp3) is 0.500. The second-order valence-electron chi connectivity index (χ2n) is 3.50. The Morgan fingerprint density at radius 2 is 2.35 bits per heavy atom. The van der Waals surface area contributed by atoms with Gasteiger partial charge in [0.2, 0.25) is 0 Å². The average Bonchev–Trinajstić information content (AvgIpc) is 2.59. The molecule has 0 radical (unpaired) electrons. The van der Waals surface area contributed by atoms with E-state index in [-0.39, 0.29) is 17.7 Å². The molecule has 1 aromatic rings. The molecule has 17 heavy (non-hydrogen) atoms. The average molecular weight is 281 g/mol. The van der Waals surface area contributed by atoms with Crippen LogP contribution in [0.2, 0.25) is 10.2 Å². The molecule has 1 aromatic heterocycles. The predicted octanol–water partition coefficient (Wildman–Crippen LogP) is 1.45. The van der Waals surface area contributed by atoms with Gasteiger partial charge in [-0.15, -0.1) is 0 Å². The van der Waals surface area contributed by atoms with E-state index < -0.39 is 6.10 Å². The molecule has 5 nitrogen and oxygen atoms in total. The number of H-pyrrole nitrogens is 1. The number of amides is 1. The van der Waals surface area contributed by atoms with Gasteiger partial charge in [0.25, 0.3) is 5.91 Å². The van der Waals surface area contributed by atoms with Crippen molar-refractivity contribution < 1.29 is 14.6 Å². The van der Waals surface area contributed by atoms with Crippen LogP contribution in [0.4, 0.5) is 0 Å². The summed E-state index contributed by atoms with van der Waals surface area (Å²) in [6.45, 7) is 0.591. The lowest BCUT2D eigenvalue weighted by Crippen LogP contribution is -2.28. The van der Waals surface area contributed by atoms with Crippen molar-refractivity contribution in [3.8, 4) is 0 Å². The lowest BCUT2D eigenvalue weighted by molar-refractivity contribution is 0.0587. The van der Waals surface area contributed by atoms with Crippen molar-refractivity contribution in [2.24, 2.45) is 0 Å². The molecule has 3 N–H and O–H groups in total. The Labute approximate surface area is 109 Å². The molecule has 0 bridgehead atoms. The summed E-state index contributed by atoms with van der Waals surface area (Å²) in [5.74, 6) is -0.316. The first-order chi connectivity index (χ1) is 8.04. The summed E-state index contributed by atoms with van der Waals surface area (Å²) in [4.78, 5) is 14.2. The summed E-state index contributed by atoms with van der Waals surface area (Å²) in [5.41, 5.74) is 0.293. The topological polar surface area (TPSA) is 74.3 Å². The molecule has 0 fully saturated rings. The molecule has 1 rings (SSSR count). The number of hydrogen-bond donors (Lipinski definition) is 3. The lowest BCUT2D eigenvalue weighted by Gasteiger charge is -2.09. The van der Waals surface area contributed by atoms with Gasteiger partial charge in [-0.05, 0) is 12.5 Å². The molecule has 1 amide bonds. The third-order valence-corrected chi connectivity index (χ3v) is 2.78. The Bertz CT molecular complexity index is 362. The second kappa shape index (κ2) is 6.86. The number of carbonyl (C=O) groups excluding carboxylic acids is 1. The molecule has 0 saturated carbocycles. The highest BCUT2D eigenvalue weighted by molar-refractivity contribution is 6.41. The van der Waals surface area contributed by atoms with Crippen LogP contribution in [-0.2, 0) is 4.74 Å². The van der Waals surface area contributed by atoms with Gasteiger partial charge in [-0.1, -0.05) is 23.2 Å². The molecular formula is C10H14Cl2N2O3. The van der Waals surface area contributed by atoms with Crippen molar-refractivity contribution in [3.05, 3.63) is 21.9 Å². The van der Waals surface area contributed by atoms with Gasteiger partial charge in [0.05, 0.1) is 17.7 Å². The fourth-order valence-electron chi connectivity index (χ4n) is 1.25. The normalized spacial score (nSPS) is 12.5. The molecule has 0 aliphatic rings. The summed E-state index contributed by atoms with van der Waals surface area (Å²) < 4.78 is 4.76. The minimum atomic E-state index is -0.587. The molecule has 0 aliphatic heterocycles. The lowest BCUT2D eigenvalue weighted by atomic mass is 10.2. The number of halogens is 2. The van der Waals surface area contributed by atoms with Gasteiger partial charge >= 0.3 is 0 Å². The first kappa shape index (κ1) is 14.3. The Kier molecular flexibility index (Phi) is 5.77. The van der Waals surface area contributed by atoms with E-state index >= 15 is 0 Å². The maximum atomic E-state index is 11.6. The van der Waals surface area contributed by atoms with E-state index in [1.165, 1.54) is 13.2 Å². The number of aliphatic hydroxyl groups excluding tert-OH is 1. The summed E-state index contributed by atoms with van der Waals surface area (Å²) in [5, 5.41) is 12.5. The van der Waals surface area contributed by atoms with Crippen molar-refractivity contribution >= 4 is 29.1 Å². The monoisotopic (exact) mass is 280 g/mol. The number of aliphatic hydroxyl groups is 1. The molecule has 0 aliphatic carbocycles. The van der Waals surface area contributed by atoms with Gasteiger partial charge in [0.1, 0.15) is 10.8 Å². The summed E-state index contributed by atoms with van der Waals surface area (Å²) in [7, 11) is 1.50. The molecule has 7 heteroatoms. The summed E-state index contributed by atoms with van der Waals surface area (Å²) in [6, 6.07) is 1.45. The van der Waals surface area contributed by atoms with Gasteiger partial charge in [-0.25, -0.2) is 0 Å². The number of methoxy groups -OCH3 is 1. The number of ether oxygens (including phenoxy) is 1. The Morgan fingerprint density at radius 1 is 1.65 bits per heavy atom. The smallest absolute Gasteiger partial charge is 0.267 e. The van der Waals surface area contributed by atoms with Crippen LogP contribution in [-0.4, -0.2) is 42.4 Å². The number of aromatic amines is 1. The quantitative estimate of drug-likeness (QED) is 0.738. The summed E-state index contributed by atoms with van der Waals surface area (Å²) >= 11 is 11.4. The van der Waals surface area contributed by atoms with Gasteiger partial charge in [-0.2, -0.15) is 0 Å². The Morgan fingerprint density at radius 3 is 2.88 bits per heavy atom. The third kappa shape index (κ3) is 4.55. The van der Waals surface area contributed by atoms with Crippen LogP contribution >= 0.6 is 23.2 Å². The summed E-state index contributed by atoms with van der Waals surface area (Å²) in [6.07, 6.45) is -0.169. The van der Waals surface area contributed by atoms with E-state index in [0.717, 1.165) is 0 Å². The van der Waals surface area contributed by atoms with E-state index in [2.05, 4.69) is 10.3 Å². The first-order valence-electron chi connectivity index (χ1n) is 5.03. The van der Waals surface area contributed by atoms with Crippen molar-refractivity contribution in [1.29, 1.82) is 0 Å². The highest BCUT2D eigenvalue weighted by Gasteiger charge is 2.11. The zero-order valence-electron chi connectivity index (χ0n) is 9.30.